The molecule has 2 amide bonds. The number of nitrogens with zero attached hydrogens (tertiary/aromatic N) is 1. The molecule has 1 saturated heterocycles. The van der Waals surface area contributed by atoms with E-state index in [1.54, 1.807) is 24.0 Å². The molecule has 6 heteroatoms. The number of carbonyl (C=O) groups excluding carboxylic acids is 2. The first-order valence-electron chi connectivity index (χ1n) is 8.89. The number of nitrogens with one attached hydrogen (secondary N) is 1. The number of likely N-dealkylation sites (tertiary alicyclic amines) is 1. The number of carbonyl (C=O) groups is 2. The first-order chi connectivity index (χ1) is 12.5. The number of ether oxygens (including phenoxy) is 1. The molecule has 1 fully saturated rings. The lowest BCUT2D eigenvalue weighted by molar-refractivity contribution is -0.128. The number of hydrogen-bond donors (Lipinski definition) is 1. The molecule has 1 atom stereocenters. The van der Waals surface area contributed by atoms with Crippen LogP contribution in [-0.4, -0.2) is 41.9 Å². The van der Waals surface area contributed by atoms with Crippen LogP contribution in [0, 0.1) is 6.92 Å². The molecular weight excluding hydrogens is 332 g/mol. The molecule has 6 nitrogen and oxygen atoms in total. The predicted octanol–water partition coefficient (Wildman–Crippen LogP) is 2.78. The van der Waals surface area contributed by atoms with Crippen LogP contribution in [-0.2, 0) is 4.79 Å². The molecule has 1 aliphatic heterocycles. The third-order valence-electron chi connectivity index (χ3n) is 4.53. The molecule has 26 heavy (non-hydrogen) atoms. The van der Waals surface area contributed by atoms with Gasteiger partial charge in [0, 0.05) is 19.1 Å². The van der Waals surface area contributed by atoms with Gasteiger partial charge in [0.1, 0.15) is 5.75 Å². The number of piperidine rings is 1. The fourth-order valence-corrected chi connectivity index (χ4v) is 3.05. The van der Waals surface area contributed by atoms with E-state index in [4.69, 9.17) is 9.15 Å². The van der Waals surface area contributed by atoms with Gasteiger partial charge in [0.2, 0.25) is 0 Å². The van der Waals surface area contributed by atoms with Crippen molar-refractivity contribution in [2.45, 2.75) is 38.8 Å². The molecule has 2 aromatic rings. The highest BCUT2D eigenvalue weighted by molar-refractivity contribution is 5.91. The van der Waals surface area contributed by atoms with E-state index in [0.717, 1.165) is 18.4 Å². The fourth-order valence-electron chi connectivity index (χ4n) is 3.05. The Bertz CT molecular complexity index is 749. The number of benzene rings is 1. The maximum atomic E-state index is 12.4. The van der Waals surface area contributed by atoms with Crippen molar-refractivity contribution < 1.29 is 18.7 Å². The lowest BCUT2D eigenvalue weighted by Gasteiger charge is -2.32. The van der Waals surface area contributed by atoms with E-state index in [-0.39, 0.29) is 17.9 Å². The molecule has 1 N–H and O–H groups in total. The minimum absolute atomic E-state index is 0.0479. The molecular formula is C20H24N2O4. The number of hydrogen-bond acceptors (Lipinski definition) is 4. The summed E-state index contributed by atoms with van der Waals surface area (Å²) in [4.78, 5) is 26.4. The van der Waals surface area contributed by atoms with Crippen molar-refractivity contribution in [1.82, 2.24) is 10.2 Å². The molecule has 1 aliphatic rings. The van der Waals surface area contributed by atoms with Crippen LogP contribution in [0.4, 0.5) is 0 Å². The zero-order valence-corrected chi connectivity index (χ0v) is 15.1. The summed E-state index contributed by atoms with van der Waals surface area (Å²) in [7, 11) is 0. The number of rotatable bonds is 5. The summed E-state index contributed by atoms with van der Waals surface area (Å²) >= 11 is 0. The van der Waals surface area contributed by atoms with E-state index >= 15 is 0 Å². The Morgan fingerprint density at radius 3 is 2.65 bits per heavy atom. The zero-order valence-electron chi connectivity index (χ0n) is 15.1. The SMILES string of the molecule is Cc1cccc(OC(C)C(=O)NC2CCN(C(=O)c3ccco3)CC2)c1. The van der Waals surface area contributed by atoms with E-state index in [1.807, 2.05) is 31.2 Å². The maximum absolute atomic E-state index is 12.4. The van der Waals surface area contributed by atoms with E-state index < -0.39 is 6.10 Å². The number of furan rings is 1. The minimum Gasteiger partial charge on any atom is -0.481 e. The monoisotopic (exact) mass is 356 g/mol. The first kappa shape index (κ1) is 18.0. The molecule has 0 saturated carbocycles. The molecule has 0 aliphatic carbocycles. The highest BCUT2D eigenvalue weighted by atomic mass is 16.5. The topological polar surface area (TPSA) is 71.8 Å². The third-order valence-corrected chi connectivity index (χ3v) is 4.53. The summed E-state index contributed by atoms with van der Waals surface area (Å²) in [6, 6.07) is 11.1. The Kier molecular flexibility index (Phi) is 5.61. The van der Waals surface area contributed by atoms with Crippen molar-refractivity contribution in [3.63, 3.8) is 0 Å². The lowest BCUT2D eigenvalue weighted by Crippen LogP contribution is -2.49. The molecule has 0 spiro atoms. The molecule has 0 radical (unpaired) electrons. The second kappa shape index (κ2) is 8.08. The van der Waals surface area contributed by atoms with Gasteiger partial charge in [-0.1, -0.05) is 12.1 Å². The van der Waals surface area contributed by atoms with Gasteiger partial charge in [0.25, 0.3) is 11.8 Å². The summed E-state index contributed by atoms with van der Waals surface area (Å²) in [6.45, 7) is 4.91. The number of aryl methyl sites for hydroxylation is 1. The van der Waals surface area contributed by atoms with Gasteiger partial charge in [-0.05, 0) is 56.5 Å². The van der Waals surface area contributed by atoms with E-state index in [1.165, 1.54) is 6.26 Å². The van der Waals surface area contributed by atoms with Crippen molar-refractivity contribution in [1.29, 1.82) is 0 Å². The summed E-state index contributed by atoms with van der Waals surface area (Å²) < 4.78 is 10.9. The Hall–Kier alpha value is -2.76. The Labute approximate surface area is 153 Å². The van der Waals surface area contributed by atoms with Gasteiger partial charge in [-0.3, -0.25) is 9.59 Å². The smallest absolute Gasteiger partial charge is 0.289 e. The number of amides is 2. The Balaban J connectivity index is 1.46. The van der Waals surface area contributed by atoms with Gasteiger partial charge in [-0.2, -0.15) is 0 Å². The average Bonchev–Trinajstić information content (AvgIpc) is 3.16. The molecule has 138 valence electrons. The average molecular weight is 356 g/mol. The van der Waals surface area contributed by atoms with Crippen LogP contribution in [0.15, 0.2) is 47.1 Å². The van der Waals surface area contributed by atoms with E-state index in [2.05, 4.69) is 5.32 Å². The van der Waals surface area contributed by atoms with Crippen molar-refractivity contribution >= 4 is 11.8 Å². The van der Waals surface area contributed by atoms with E-state index in [9.17, 15) is 9.59 Å². The summed E-state index contributed by atoms with van der Waals surface area (Å²) in [6.07, 6.45) is 2.36. The normalized spacial score (nSPS) is 16.2. The van der Waals surface area contributed by atoms with Crippen LogP contribution in [0.1, 0.15) is 35.9 Å². The standard InChI is InChI=1S/C20H24N2O4/c1-14-5-3-6-17(13-14)26-15(2)19(23)21-16-8-10-22(11-9-16)20(24)18-7-4-12-25-18/h3-7,12-13,15-16H,8-11H2,1-2H3,(H,21,23). The van der Waals surface area contributed by atoms with Gasteiger partial charge < -0.3 is 19.4 Å². The fraction of sp³-hybridized carbons (Fsp3) is 0.400. The first-order valence-corrected chi connectivity index (χ1v) is 8.89. The van der Waals surface area contributed by atoms with Crippen LogP contribution in [0.2, 0.25) is 0 Å². The van der Waals surface area contributed by atoms with Gasteiger partial charge in [-0.15, -0.1) is 0 Å². The van der Waals surface area contributed by atoms with Crippen molar-refractivity contribution in [2.75, 3.05) is 13.1 Å². The minimum atomic E-state index is -0.570. The summed E-state index contributed by atoms with van der Waals surface area (Å²) in [5.74, 6) is 0.803. The lowest BCUT2D eigenvalue weighted by atomic mass is 10.0. The predicted molar refractivity (Wildman–Crippen MR) is 97.0 cm³/mol. The van der Waals surface area contributed by atoms with Crippen LogP contribution in [0.25, 0.3) is 0 Å². The second-order valence-corrected chi connectivity index (χ2v) is 6.63. The van der Waals surface area contributed by atoms with Crippen molar-refractivity contribution in [2.24, 2.45) is 0 Å². The Morgan fingerprint density at radius 1 is 1.23 bits per heavy atom. The van der Waals surface area contributed by atoms with Crippen molar-refractivity contribution in [3.05, 3.63) is 54.0 Å². The molecule has 0 bridgehead atoms. The second-order valence-electron chi connectivity index (χ2n) is 6.63. The van der Waals surface area contributed by atoms with Crippen LogP contribution in [0.5, 0.6) is 5.75 Å². The molecule has 1 unspecified atom stereocenters. The van der Waals surface area contributed by atoms with E-state index in [0.29, 0.717) is 24.6 Å². The van der Waals surface area contributed by atoms with Crippen LogP contribution < -0.4 is 10.1 Å². The summed E-state index contributed by atoms with van der Waals surface area (Å²) in [5, 5.41) is 3.02. The highest BCUT2D eigenvalue weighted by Crippen LogP contribution is 2.16. The quantitative estimate of drug-likeness (QED) is 0.894. The highest BCUT2D eigenvalue weighted by Gasteiger charge is 2.27. The molecule has 2 heterocycles. The molecule has 1 aromatic carbocycles. The molecule has 3 rings (SSSR count). The van der Waals surface area contributed by atoms with Gasteiger partial charge in [-0.25, -0.2) is 0 Å². The van der Waals surface area contributed by atoms with Crippen LogP contribution in [0.3, 0.4) is 0 Å². The third kappa shape index (κ3) is 4.45. The zero-order chi connectivity index (χ0) is 18.5. The van der Waals surface area contributed by atoms with Gasteiger partial charge >= 0.3 is 0 Å². The van der Waals surface area contributed by atoms with Gasteiger partial charge in [0.05, 0.1) is 6.26 Å². The van der Waals surface area contributed by atoms with Gasteiger partial charge in [0.15, 0.2) is 11.9 Å². The Morgan fingerprint density at radius 2 is 2.00 bits per heavy atom. The molecule has 1 aromatic heterocycles. The van der Waals surface area contributed by atoms with Crippen LogP contribution >= 0.6 is 0 Å². The largest absolute Gasteiger partial charge is 0.481 e. The maximum Gasteiger partial charge on any atom is 0.289 e. The van der Waals surface area contributed by atoms with Crippen molar-refractivity contribution in [3.8, 4) is 5.75 Å². The summed E-state index contributed by atoms with van der Waals surface area (Å²) in [5.41, 5.74) is 1.09.